The van der Waals surface area contributed by atoms with Gasteiger partial charge in [0.25, 0.3) is 0 Å². The minimum atomic E-state index is 0.862. The average molecular weight is 239 g/mol. The van der Waals surface area contributed by atoms with Crippen LogP contribution in [0.15, 0.2) is 0 Å². The van der Waals surface area contributed by atoms with Gasteiger partial charge in [0, 0.05) is 12.6 Å². The molecule has 0 aromatic carbocycles. The Labute approximate surface area is 106 Å². The molecule has 0 saturated carbocycles. The van der Waals surface area contributed by atoms with Gasteiger partial charge in [0.2, 0.25) is 0 Å². The third-order valence-corrected chi connectivity index (χ3v) is 4.32. The predicted molar refractivity (Wildman–Crippen MR) is 73.2 cm³/mol. The Kier molecular flexibility index (Phi) is 5.75. The van der Waals surface area contributed by atoms with E-state index in [1.807, 2.05) is 0 Å². The summed E-state index contributed by atoms with van der Waals surface area (Å²) in [6, 6.07) is 0.876. The summed E-state index contributed by atoms with van der Waals surface area (Å²) in [5, 5.41) is 0. The van der Waals surface area contributed by atoms with E-state index in [0.717, 1.165) is 12.6 Å². The monoisotopic (exact) mass is 239 g/mol. The maximum Gasteiger partial charge on any atom is 0.0223 e. The van der Waals surface area contributed by atoms with Crippen molar-refractivity contribution in [3.63, 3.8) is 0 Å². The number of nitrogens with two attached hydrogens (primary N) is 1. The van der Waals surface area contributed by atoms with Crippen LogP contribution >= 0.6 is 0 Å². The standard InChI is InChI=1S/C14H29N3/c15-8-3-1-2-4-9-16-10-6-12-17-11-5-7-14(17)13-16/h14H,1-13,15H2. The van der Waals surface area contributed by atoms with E-state index in [-0.39, 0.29) is 0 Å². The quantitative estimate of drug-likeness (QED) is 0.716. The van der Waals surface area contributed by atoms with Gasteiger partial charge in [0.1, 0.15) is 0 Å². The van der Waals surface area contributed by atoms with Crippen LogP contribution in [0.3, 0.4) is 0 Å². The highest BCUT2D eigenvalue weighted by atomic mass is 15.3. The highest BCUT2D eigenvalue weighted by molar-refractivity contribution is 4.84. The molecule has 0 spiro atoms. The van der Waals surface area contributed by atoms with Crippen molar-refractivity contribution in [1.29, 1.82) is 0 Å². The zero-order valence-corrected chi connectivity index (χ0v) is 11.2. The molecule has 2 saturated heterocycles. The van der Waals surface area contributed by atoms with E-state index in [9.17, 15) is 0 Å². The lowest BCUT2D eigenvalue weighted by Crippen LogP contribution is -2.37. The number of hydrogen-bond donors (Lipinski definition) is 1. The maximum atomic E-state index is 5.52. The van der Waals surface area contributed by atoms with Gasteiger partial charge in [-0.3, -0.25) is 4.90 Å². The summed E-state index contributed by atoms with van der Waals surface area (Å²) in [6.07, 6.45) is 9.49. The fraction of sp³-hybridized carbons (Fsp3) is 1.00. The highest BCUT2D eigenvalue weighted by Gasteiger charge is 2.28. The van der Waals surface area contributed by atoms with Crippen molar-refractivity contribution in [3.8, 4) is 0 Å². The maximum absolute atomic E-state index is 5.52. The van der Waals surface area contributed by atoms with Crippen LogP contribution in [-0.4, -0.2) is 55.1 Å². The summed E-state index contributed by atoms with van der Waals surface area (Å²) in [6.45, 7) is 7.53. The second-order valence-corrected chi connectivity index (χ2v) is 5.69. The second-order valence-electron chi connectivity index (χ2n) is 5.69. The molecule has 100 valence electrons. The average Bonchev–Trinajstić information content (AvgIpc) is 2.68. The summed E-state index contributed by atoms with van der Waals surface area (Å²) in [5.74, 6) is 0. The number of unbranched alkanes of at least 4 members (excludes halogenated alkanes) is 3. The van der Waals surface area contributed by atoms with Crippen molar-refractivity contribution >= 4 is 0 Å². The first-order chi connectivity index (χ1) is 8.40. The SMILES string of the molecule is NCCCCCCN1CCCN2CCCC2C1. The van der Waals surface area contributed by atoms with E-state index >= 15 is 0 Å². The first kappa shape index (κ1) is 13.3. The van der Waals surface area contributed by atoms with Crippen molar-refractivity contribution in [3.05, 3.63) is 0 Å². The molecule has 2 heterocycles. The molecule has 2 aliphatic rings. The fourth-order valence-corrected chi connectivity index (χ4v) is 3.32. The van der Waals surface area contributed by atoms with Gasteiger partial charge in [-0.2, -0.15) is 0 Å². The molecule has 1 unspecified atom stereocenters. The minimum absolute atomic E-state index is 0.862. The normalized spacial score (nSPS) is 27.0. The van der Waals surface area contributed by atoms with E-state index in [1.54, 1.807) is 0 Å². The van der Waals surface area contributed by atoms with Gasteiger partial charge >= 0.3 is 0 Å². The summed E-state index contributed by atoms with van der Waals surface area (Å²) >= 11 is 0. The summed E-state index contributed by atoms with van der Waals surface area (Å²) in [5.41, 5.74) is 5.52. The molecule has 2 rings (SSSR count). The van der Waals surface area contributed by atoms with E-state index in [0.29, 0.717) is 0 Å². The molecular weight excluding hydrogens is 210 g/mol. The van der Waals surface area contributed by atoms with Crippen molar-refractivity contribution in [2.45, 2.75) is 51.0 Å². The zero-order chi connectivity index (χ0) is 11.9. The second kappa shape index (κ2) is 7.34. The fourth-order valence-electron chi connectivity index (χ4n) is 3.32. The molecule has 2 aliphatic heterocycles. The van der Waals surface area contributed by atoms with Crippen LogP contribution in [0, 0.1) is 0 Å². The van der Waals surface area contributed by atoms with E-state index in [2.05, 4.69) is 9.80 Å². The first-order valence-corrected chi connectivity index (χ1v) is 7.56. The smallest absolute Gasteiger partial charge is 0.0223 e. The molecule has 0 aromatic heterocycles. The van der Waals surface area contributed by atoms with Crippen molar-refractivity contribution in [2.24, 2.45) is 5.73 Å². The van der Waals surface area contributed by atoms with Crippen LogP contribution in [0.4, 0.5) is 0 Å². The third kappa shape index (κ3) is 4.23. The largest absolute Gasteiger partial charge is 0.330 e. The minimum Gasteiger partial charge on any atom is -0.330 e. The van der Waals surface area contributed by atoms with Gasteiger partial charge < -0.3 is 10.6 Å². The Morgan fingerprint density at radius 1 is 0.941 bits per heavy atom. The molecule has 1 atom stereocenters. The molecule has 17 heavy (non-hydrogen) atoms. The van der Waals surface area contributed by atoms with Crippen LogP contribution in [0.1, 0.15) is 44.9 Å². The van der Waals surface area contributed by atoms with Gasteiger partial charge in [-0.05, 0) is 64.8 Å². The molecule has 0 aromatic rings. The molecule has 3 nitrogen and oxygen atoms in total. The van der Waals surface area contributed by atoms with E-state index < -0.39 is 0 Å². The zero-order valence-electron chi connectivity index (χ0n) is 11.2. The predicted octanol–water partition coefficient (Wildman–Crippen LogP) is 1.68. The van der Waals surface area contributed by atoms with Crippen molar-refractivity contribution < 1.29 is 0 Å². The number of nitrogens with zero attached hydrogens (tertiary/aromatic N) is 2. The first-order valence-electron chi connectivity index (χ1n) is 7.56. The number of rotatable bonds is 6. The molecule has 0 amide bonds. The Morgan fingerprint density at radius 3 is 2.65 bits per heavy atom. The molecular formula is C14H29N3. The molecule has 0 aliphatic carbocycles. The Hall–Kier alpha value is -0.120. The molecule has 3 heteroatoms. The Morgan fingerprint density at radius 2 is 1.76 bits per heavy atom. The van der Waals surface area contributed by atoms with Crippen LogP contribution in [0.2, 0.25) is 0 Å². The molecule has 0 radical (unpaired) electrons. The van der Waals surface area contributed by atoms with Gasteiger partial charge in [0.05, 0.1) is 0 Å². The van der Waals surface area contributed by atoms with Crippen LogP contribution in [0.5, 0.6) is 0 Å². The van der Waals surface area contributed by atoms with Crippen molar-refractivity contribution in [1.82, 2.24) is 9.80 Å². The van der Waals surface area contributed by atoms with Crippen LogP contribution in [0.25, 0.3) is 0 Å². The van der Waals surface area contributed by atoms with Gasteiger partial charge in [-0.25, -0.2) is 0 Å². The van der Waals surface area contributed by atoms with Crippen LogP contribution < -0.4 is 5.73 Å². The van der Waals surface area contributed by atoms with Gasteiger partial charge in [-0.1, -0.05) is 12.8 Å². The lowest BCUT2D eigenvalue weighted by atomic mass is 10.1. The van der Waals surface area contributed by atoms with Gasteiger partial charge in [0.15, 0.2) is 0 Å². The number of fused-ring (bicyclic) bond motifs is 1. The van der Waals surface area contributed by atoms with Crippen LogP contribution in [-0.2, 0) is 0 Å². The van der Waals surface area contributed by atoms with Gasteiger partial charge in [-0.15, -0.1) is 0 Å². The third-order valence-electron chi connectivity index (χ3n) is 4.32. The van der Waals surface area contributed by atoms with E-state index in [4.69, 9.17) is 5.73 Å². The topological polar surface area (TPSA) is 32.5 Å². The highest BCUT2D eigenvalue weighted by Crippen LogP contribution is 2.21. The summed E-state index contributed by atoms with van der Waals surface area (Å²) in [4.78, 5) is 5.42. The molecule has 2 fully saturated rings. The Bertz CT molecular complexity index is 208. The summed E-state index contributed by atoms with van der Waals surface area (Å²) in [7, 11) is 0. The van der Waals surface area contributed by atoms with E-state index in [1.165, 1.54) is 77.7 Å². The molecule has 0 bridgehead atoms. The lowest BCUT2D eigenvalue weighted by Gasteiger charge is -2.25. The Balaban J connectivity index is 1.63. The number of hydrogen-bond acceptors (Lipinski definition) is 3. The summed E-state index contributed by atoms with van der Waals surface area (Å²) < 4.78 is 0. The van der Waals surface area contributed by atoms with Crippen molar-refractivity contribution in [2.75, 3.05) is 39.3 Å². The molecule has 2 N–H and O–H groups in total. The lowest BCUT2D eigenvalue weighted by molar-refractivity contribution is 0.217.